The van der Waals surface area contributed by atoms with Crippen LogP contribution in [-0.2, 0) is 5.41 Å². The second-order valence-corrected chi connectivity index (χ2v) is 20.1. The molecule has 0 atom stereocenters. The second kappa shape index (κ2) is 12.7. The Bertz CT molecular complexity index is 3250. The van der Waals surface area contributed by atoms with E-state index in [0.717, 1.165) is 39.2 Å². The lowest BCUT2D eigenvalue weighted by molar-refractivity contribution is 0.666. The Labute approximate surface area is 345 Å². The van der Waals surface area contributed by atoms with Gasteiger partial charge in [0.15, 0.2) is 5.82 Å². The highest BCUT2D eigenvalue weighted by molar-refractivity contribution is 7.21. The van der Waals surface area contributed by atoms with Crippen molar-refractivity contribution in [1.29, 1.82) is 0 Å². The molecule has 8 aromatic carbocycles. The van der Waals surface area contributed by atoms with Gasteiger partial charge in [-0.1, -0.05) is 196 Å². The molecule has 0 saturated carbocycles. The molecular formula is C55H39N3Si. The summed E-state index contributed by atoms with van der Waals surface area (Å²) in [5.74, 6) is 0.741. The Hall–Kier alpha value is -7.14. The lowest BCUT2D eigenvalue weighted by Crippen LogP contribution is -2.73. The average molecular weight is 770 g/mol. The highest BCUT2D eigenvalue weighted by atomic mass is 28.3. The fourth-order valence-electron chi connectivity index (χ4n) is 10.6. The van der Waals surface area contributed by atoms with Crippen LogP contribution < -0.4 is 20.9 Å². The molecule has 0 bridgehead atoms. The summed E-state index contributed by atoms with van der Waals surface area (Å²) in [5, 5.41) is 7.69. The molecule has 278 valence electrons. The Balaban J connectivity index is 1.21. The van der Waals surface area contributed by atoms with E-state index in [0.29, 0.717) is 0 Å². The van der Waals surface area contributed by atoms with Gasteiger partial charge < -0.3 is 4.57 Å². The molecule has 1 aliphatic carbocycles. The van der Waals surface area contributed by atoms with Gasteiger partial charge in [-0.3, -0.25) is 0 Å². The molecule has 12 rings (SSSR count). The first-order chi connectivity index (χ1) is 29.1. The minimum absolute atomic E-state index is 0.162. The van der Waals surface area contributed by atoms with Crippen LogP contribution in [-0.4, -0.2) is 22.6 Å². The summed E-state index contributed by atoms with van der Waals surface area (Å²) in [6, 6.07) is 73.3. The van der Waals surface area contributed by atoms with Crippen LogP contribution in [0.2, 0.25) is 0 Å². The van der Waals surface area contributed by atoms with E-state index in [1.54, 1.807) is 0 Å². The van der Waals surface area contributed by atoms with Crippen molar-refractivity contribution in [2.45, 2.75) is 19.3 Å². The summed E-state index contributed by atoms with van der Waals surface area (Å²) in [4.78, 5) is 11.4. The number of benzene rings is 8. The fourth-order valence-corrected chi connectivity index (χ4v) is 15.6. The highest BCUT2D eigenvalue weighted by Crippen LogP contribution is 2.53. The maximum Gasteiger partial charge on any atom is 0.203 e. The van der Waals surface area contributed by atoms with Gasteiger partial charge in [-0.2, -0.15) is 0 Å². The summed E-state index contributed by atoms with van der Waals surface area (Å²) < 4.78 is 2.50. The van der Waals surface area contributed by atoms with E-state index >= 15 is 0 Å². The van der Waals surface area contributed by atoms with E-state index in [9.17, 15) is 0 Å². The third-order valence-electron chi connectivity index (χ3n) is 13.1. The fraction of sp³-hybridized carbons (Fsp3) is 0.0545. The SMILES string of the molecule is CC1(C)c2ccccc2-c2ccc3c(c21)c1ccccc1n3-c1ccccc1-c1nc(-c2ccccc2)nc2c1-c1ccccc1[Si]2(c1ccccc1)c1ccccc1. The largest absolute Gasteiger partial charge is 0.309 e. The molecule has 3 nitrogen and oxygen atoms in total. The van der Waals surface area contributed by atoms with Crippen molar-refractivity contribution in [3.8, 4) is 50.6 Å². The zero-order valence-corrected chi connectivity index (χ0v) is 33.9. The van der Waals surface area contributed by atoms with Gasteiger partial charge in [0, 0.05) is 32.9 Å². The number of para-hydroxylation sites is 2. The van der Waals surface area contributed by atoms with Crippen molar-refractivity contribution >= 4 is 50.8 Å². The summed E-state index contributed by atoms with van der Waals surface area (Å²) in [6.45, 7) is 4.78. The maximum absolute atomic E-state index is 5.74. The van der Waals surface area contributed by atoms with E-state index in [4.69, 9.17) is 9.97 Å². The molecule has 0 radical (unpaired) electrons. The Morgan fingerprint density at radius 1 is 0.475 bits per heavy atom. The summed E-state index contributed by atoms with van der Waals surface area (Å²) in [7, 11) is -2.94. The highest BCUT2D eigenvalue weighted by Gasteiger charge is 2.51. The van der Waals surface area contributed by atoms with E-state index in [1.807, 2.05) is 0 Å². The van der Waals surface area contributed by atoms with Crippen LogP contribution in [0.15, 0.2) is 200 Å². The van der Waals surface area contributed by atoms with Gasteiger partial charge in [0.05, 0.1) is 27.7 Å². The molecule has 4 heteroatoms. The molecule has 10 aromatic rings. The van der Waals surface area contributed by atoms with Gasteiger partial charge in [0.2, 0.25) is 8.07 Å². The predicted octanol–water partition coefficient (Wildman–Crippen LogP) is 10.6. The van der Waals surface area contributed by atoms with Crippen molar-refractivity contribution in [3.05, 3.63) is 211 Å². The molecule has 2 aliphatic rings. The lowest BCUT2D eigenvalue weighted by Gasteiger charge is -2.30. The van der Waals surface area contributed by atoms with E-state index < -0.39 is 8.07 Å². The number of hydrogen-bond donors (Lipinski definition) is 0. The van der Waals surface area contributed by atoms with Gasteiger partial charge >= 0.3 is 0 Å². The molecular weight excluding hydrogens is 731 g/mol. The third kappa shape index (κ3) is 4.63. The van der Waals surface area contributed by atoms with Crippen LogP contribution in [0.4, 0.5) is 0 Å². The average Bonchev–Trinajstić information content (AvgIpc) is 3.88. The summed E-state index contributed by atoms with van der Waals surface area (Å²) in [6.07, 6.45) is 0. The molecule has 0 spiro atoms. The summed E-state index contributed by atoms with van der Waals surface area (Å²) >= 11 is 0. The molecule has 2 aromatic heterocycles. The Morgan fingerprint density at radius 3 is 1.81 bits per heavy atom. The quantitative estimate of drug-likeness (QED) is 0.163. The first-order valence-electron chi connectivity index (χ1n) is 20.5. The van der Waals surface area contributed by atoms with Crippen molar-refractivity contribution in [1.82, 2.24) is 14.5 Å². The van der Waals surface area contributed by atoms with Crippen molar-refractivity contribution < 1.29 is 0 Å². The smallest absolute Gasteiger partial charge is 0.203 e. The van der Waals surface area contributed by atoms with E-state index in [1.165, 1.54) is 65.2 Å². The minimum atomic E-state index is -2.94. The lowest BCUT2D eigenvalue weighted by atomic mass is 9.80. The van der Waals surface area contributed by atoms with Gasteiger partial charge in [-0.05, 0) is 61.6 Å². The second-order valence-electron chi connectivity index (χ2n) is 16.4. The minimum Gasteiger partial charge on any atom is -0.309 e. The molecule has 59 heavy (non-hydrogen) atoms. The van der Waals surface area contributed by atoms with Crippen LogP contribution in [0.3, 0.4) is 0 Å². The zero-order chi connectivity index (χ0) is 39.3. The zero-order valence-electron chi connectivity index (χ0n) is 32.9. The first kappa shape index (κ1) is 33.9. The topological polar surface area (TPSA) is 30.7 Å². The molecule has 0 unspecified atom stereocenters. The van der Waals surface area contributed by atoms with Crippen LogP contribution in [0.25, 0.3) is 72.4 Å². The molecule has 0 N–H and O–H groups in total. The third-order valence-corrected chi connectivity index (χ3v) is 17.8. The summed E-state index contributed by atoms with van der Waals surface area (Å²) in [5.41, 5.74) is 14.1. The van der Waals surface area contributed by atoms with E-state index in [2.05, 4.69) is 219 Å². The molecule has 3 heterocycles. The molecule has 1 aliphatic heterocycles. The van der Waals surface area contributed by atoms with E-state index in [-0.39, 0.29) is 5.41 Å². The number of hydrogen-bond acceptors (Lipinski definition) is 2. The van der Waals surface area contributed by atoms with Crippen molar-refractivity contribution in [3.63, 3.8) is 0 Å². The number of rotatable bonds is 5. The predicted molar refractivity (Wildman–Crippen MR) is 247 cm³/mol. The molecule has 0 saturated heterocycles. The van der Waals surface area contributed by atoms with Gasteiger partial charge in [-0.15, -0.1) is 0 Å². The van der Waals surface area contributed by atoms with Gasteiger partial charge in [-0.25, -0.2) is 9.97 Å². The normalized spacial score (nSPS) is 14.2. The molecule has 0 amide bonds. The number of aromatic nitrogens is 3. The number of nitrogens with zero attached hydrogens (tertiary/aromatic N) is 3. The monoisotopic (exact) mass is 769 g/mol. The maximum atomic E-state index is 5.74. The van der Waals surface area contributed by atoms with Crippen LogP contribution in [0.5, 0.6) is 0 Å². The van der Waals surface area contributed by atoms with Crippen molar-refractivity contribution in [2.75, 3.05) is 0 Å². The van der Waals surface area contributed by atoms with Crippen LogP contribution >= 0.6 is 0 Å². The standard InChI is InChI=1S/C55H39N3Si/c1-55(2)44-30-16-12-26-39(44)40-34-35-47-49(51(40)55)41-27-13-17-31-45(41)58(47)46-32-18-14-28-42(46)52-50-43-29-15-19-33-48(43)59(37-22-8-4-9-23-37,38-24-10-5-11-25-38)54(50)57-53(56-52)36-20-6-3-7-21-36/h3-35H,1-2H3. The van der Waals surface area contributed by atoms with Crippen LogP contribution in [0.1, 0.15) is 25.0 Å². The Kier molecular flexibility index (Phi) is 7.29. The molecule has 0 fully saturated rings. The first-order valence-corrected chi connectivity index (χ1v) is 22.5. The van der Waals surface area contributed by atoms with Gasteiger partial charge in [0.25, 0.3) is 0 Å². The Morgan fingerprint density at radius 2 is 1.07 bits per heavy atom. The van der Waals surface area contributed by atoms with Crippen LogP contribution in [0, 0.1) is 0 Å². The van der Waals surface area contributed by atoms with Crippen molar-refractivity contribution in [2.24, 2.45) is 0 Å². The number of fused-ring (bicyclic) bond motifs is 10. The van der Waals surface area contributed by atoms with Gasteiger partial charge in [0.1, 0.15) is 0 Å².